The summed E-state index contributed by atoms with van der Waals surface area (Å²) in [7, 11) is 2.06. The molecule has 2 aliphatic rings. The van der Waals surface area contributed by atoms with Gasteiger partial charge in [0.05, 0.1) is 6.04 Å². The number of esters is 2. The van der Waals surface area contributed by atoms with Crippen LogP contribution in [0.4, 0.5) is 0 Å². The first-order chi connectivity index (χ1) is 9.96. The molecule has 2 fully saturated rings. The summed E-state index contributed by atoms with van der Waals surface area (Å²) in [4.78, 5) is 25.7. The van der Waals surface area contributed by atoms with Crippen LogP contribution in [0.15, 0.2) is 11.6 Å². The molecule has 2 saturated heterocycles. The van der Waals surface area contributed by atoms with Gasteiger partial charge in [0, 0.05) is 37.3 Å². The minimum absolute atomic E-state index is 0.0704. The summed E-state index contributed by atoms with van der Waals surface area (Å²) in [5, 5.41) is 0. The predicted octanol–water partition coefficient (Wildman–Crippen LogP) is 2.05. The van der Waals surface area contributed by atoms with Gasteiger partial charge in [0.25, 0.3) is 0 Å². The Morgan fingerprint density at radius 3 is 2.57 bits per heavy atom. The average molecular weight is 295 g/mol. The zero-order valence-corrected chi connectivity index (χ0v) is 13.3. The number of hydrogen-bond acceptors (Lipinski definition) is 5. The highest BCUT2D eigenvalue weighted by molar-refractivity contribution is 5.87. The van der Waals surface area contributed by atoms with Crippen molar-refractivity contribution in [2.45, 2.75) is 70.7 Å². The Kier molecular flexibility index (Phi) is 5.04. The molecule has 2 unspecified atom stereocenters. The van der Waals surface area contributed by atoms with Crippen LogP contribution in [0.5, 0.6) is 0 Å². The van der Waals surface area contributed by atoms with Gasteiger partial charge in [-0.3, -0.25) is 9.69 Å². The van der Waals surface area contributed by atoms with Crippen molar-refractivity contribution >= 4 is 11.9 Å². The maximum absolute atomic E-state index is 11.9. The molecule has 118 valence electrons. The number of likely N-dealkylation sites (N-methyl/N-ethyl adjacent to an activating group) is 1. The second kappa shape index (κ2) is 6.60. The van der Waals surface area contributed by atoms with E-state index in [0.29, 0.717) is 18.0 Å². The van der Waals surface area contributed by atoms with Crippen LogP contribution in [-0.2, 0) is 19.1 Å². The summed E-state index contributed by atoms with van der Waals surface area (Å²) in [6.45, 7) is 5.39. The Morgan fingerprint density at radius 2 is 1.95 bits per heavy atom. The van der Waals surface area contributed by atoms with Gasteiger partial charge in [-0.2, -0.15) is 0 Å². The average Bonchev–Trinajstić information content (AvgIpc) is 2.64. The van der Waals surface area contributed by atoms with Crippen LogP contribution in [0.3, 0.4) is 0 Å². The highest BCUT2D eigenvalue weighted by Gasteiger charge is 2.47. The predicted molar refractivity (Wildman–Crippen MR) is 78.7 cm³/mol. The van der Waals surface area contributed by atoms with E-state index in [4.69, 9.17) is 9.47 Å². The second-order valence-electron chi connectivity index (χ2n) is 5.97. The Morgan fingerprint density at radius 1 is 1.24 bits per heavy atom. The van der Waals surface area contributed by atoms with Crippen molar-refractivity contribution in [2.24, 2.45) is 0 Å². The molecule has 0 radical (unpaired) electrons. The molecule has 21 heavy (non-hydrogen) atoms. The lowest BCUT2D eigenvalue weighted by Gasteiger charge is -2.36. The molecule has 4 atom stereocenters. The molecule has 0 aromatic rings. The van der Waals surface area contributed by atoms with Gasteiger partial charge in [-0.05, 0) is 20.9 Å². The topological polar surface area (TPSA) is 55.8 Å². The molecule has 0 spiro atoms. The summed E-state index contributed by atoms with van der Waals surface area (Å²) in [5.41, 5.74) is 0.634. The maximum Gasteiger partial charge on any atom is 0.333 e. The molecule has 0 saturated carbocycles. The van der Waals surface area contributed by atoms with E-state index in [0.717, 1.165) is 19.3 Å². The fraction of sp³-hybridized carbons (Fsp3) is 0.750. The SMILES string of the molecule is C/C=C(\C)C(=O)OC1C[C@H]2CC(OC(=O)CC)[C@@H](C1)N2C. The number of carbonyl (C=O) groups excluding carboxylic acids is 2. The lowest BCUT2D eigenvalue weighted by atomic mass is 10.00. The third-order valence-corrected chi connectivity index (χ3v) is 4.67. The number of carbonyl (C=O) groups is 2. The molecule has 0 N–H and O–H groups in total. The first-order valence-electron chi connectivity index (χ1n) is 7.71. The Balaban J connectivity index is 1.98. The standard InChI is InChI=1S/C16H25NO4/c1-5-10(3)16(19)20-12-7-11-8-14(21-15(18)6-2)13(9-12)17(11)4/h5,11-14H,6-9H2,1-4H3/b10-5+/t11-,12?,13+,14?/m0/s1. The molecule has 2 rings (SSSR count). The number of allylic oxidation sites excluding steroid dienone is 1. The molecule has 5 heteroatoms. The van der Waals surface area contributed by atoms with E-state index >= 15 is 0 Å². The summed E-state index contributed by atoms with van der Waals surface area (Å²) in [5.74, 6) is -0.396. The Hall–Kier alpha value is -1.36. The van der Waals surface area contributed by atoms with Crippen LogP contribution in [-0.4, -0.2) is 48.2 Å². The zero-order valence-electron chi connectivity index (χ0n) is 13.3. The lowest BCUT2D eigenvalue weighted by molar-refractivity contribution is -0.153. The maximum atomic E-state index is 11.9. The van der Waals surface area contributed by atoms with Crippen molar-refractivity contribution in [3.8, 4) is 0 Å². The number of ether oxygens (including phenoxy) is 2. The van der Waals surface area contributed by atoms with Crippen molar-refractivity contribution < 1.29 is 19.1 Å². The van der Waals surface area contributed by atoms with Crippen molar-refractivity contribution in [1.29, 1.82) is 0 Å². The quantitative estimate of drug-likeness (QED) is 0.587. The van der Waals surface area contributed by atoms with Crippen LogP contribution in [0.1, 0.15) is 46.5 Å². The van der Waals surface area contributed by atoms with E-state index in [1.807, 2.05) is 6.92 Å². The summed E-state index contributed by atoms with van der Waals surface area (Å²) < 4.78 is 11.1. The third kappa shape index (κ3) is 3.46. The fourth-order valence-corrected chi connectivity index (χ4v) is 3.21. The van der Waals surface area contributed by atoms with Crippen molar-refractivity contribution in [3.63, 3.8) is 0 Å². The first kappa shape index (κ1) is 16.0. The largest absolute Gasteiger partial charge is 0.461 e. The first-order valence-corrected chi connectivity index (χ1v) is 7.71. The molecule has 2 bridgehead atoms. The van der Waals surface area contributed by atoms with E-state index in [9.17, 15) is 9.59 Å². The van der Waals surface area contributed by atoms with Gasteiger partial charge >= 0.3 is 11.9 Å². The molecule has 2 heterocycles. The molecular formula is C16H25NO4. The molecule has 0 aromatic carbocycles. The van der Waals surface area contributed by atoms with Gasteiger partial charge < -0.3 is 9.47 Å². The number of nitrogens with zero attached hydrogens (tertiary/aromatic N) is 1. The van der Waals surface area contributed by atoms with Crippen LogP contribution < -0.4 is 0 Å². The van der Waals surface area contributed by atoms with Gasteiger partial charge in [-0.15, -0.1) is 0 Å². The summed E-state index contributed by atoms with van der Waals surface area (Å²) in [6.07, 6.45) is 4.40. The molecule has 5 nitrogen and oxygen atoms in total. The van der Waals surface area contributed by atoms with E-state index in [2.05, 4.69) is 11.9 Å². The van der Waals surface area contributed by atoms with Gasteiger partial charge in [0.15, 0.2) is 0 Å². The van der Waals surface area contributed by atoms with E-state index < -0.39 is 0 Å². The van der Waals surface area contributed by atoms with Crippen LogP contribution >= 0.6 is 0 Å². The normalized spacial score (nSPS) is 32.9. The fourth-order valence-electron chi connectivity index (χ4n) is 3.21. The van der Waals surface area contributed by atoms with Crippen molar-refractivity contribution in [2.75, 3.05) is 7.05 Å². The third-order valence-electron chi connectivity index (χ3n) is 4.67. The number of hydrogen-bond donors (Lipinski definition) is 0. The van der Waals surface area contributed by atoms with E-state index in [-0.39, 0.29) is 30.2 Å². The molecule has 0 aromatic heterocycles. The molecule has 2 aliphatic heterocycles. The monoisotopic (exact) mass is 295 g/mol. The highest BCUT2D eigenvalue weighted by atomic mass is 16.6. The number of rotatable bonds is 4. The Bertz CT molecular complexity index is 446. The number of piperidine rings is 1. The molecular weight excluding hydrogens is 270 g/mol. The lowest BCUT2D eigenvalue weighted by Crippen LogP contribution is -2.46. The molecule has 0 aliphatic carbocycles. The van der Waals surface area contributed by atoms with Crippen LogP contribution in [0.2, 0.25) is 0 Å². The van der Waals surface area contributed by atoms with Crippen LogP contribution in [0.25, 0.3) is 0 Å². The van der Waals surface area contributed by atoms with Gasteiger partial charge in [-0.1, -0.05) is 13.0 Å². The minimum Gasteiger partial charge on any atom is -0.461 e. The summed E-state index contributed by atoms with van der Waals surface area (Å²) in [6, 6.07) is 0.477. The second-order valence-corrected chi connectivity index (χ2v) is 5.97. The van der Waals surface area contributed by atoms with E-state index in [1.165, 1.54) is 0 Å². The molecule has 0 amide bonds. The zero-order chi connectivity index (χ0) is 15.6. The Labute approximate surface area is 126 Å². The van der Waals surface area contributed by atoms with Crippen LogP contribution in [0, 0.1) is 0 Å². The van der Waals surface area contributed by atoms with Crippen molar-refractivity contribution in [1.82, 2.24) is 4.90 Å². The van der Waals surface area contributed by atoms with Gasteiger partial charge in [0.1, 0.15) is 12.2 Å². The van der Waals surface area contributed by atoms with Gasteiger partial charge in [0.2, 0.25) is 0 Å². The highest BCUT2D eigenvalue weighted by Crippen LogP contribution is 2.37. The summed E-state index contributed by atoms with van der Waals surface area (Å²) >= 11 is 0. The van der Waals surface area contributed by atoms with Gasteiger partial charge in [-0.25, -0.2) is 4.79 Å². The van der Waals surface area contributed by atoms with E-state index in [1.54, 1.807) is 19.9 Å². The van der Waals surface area contributed by atoms with Crippen molar-refractivity contribution in [3.05, 3.63) is 11.6 Å². The minimum atomic E-state index is -0.242. The smallest absolute Gasteiger partial charge is 0.333 e. The number of fused-ring (bicyclic) bond motifs is 2.